The van der Waals surface area contributed by atoms with Crippen molar-refractivity contribution >= 4 is 17.7 Å². The third-order valence-electron chi connectivity index (χ3n) is 2.87. The summed E-state index contributed by atoms with van der Waals surface area (Å²) in [5.41, 5.74) is 3.96. The van der Waals surface area contributed by atoms with Crippen LogP contribution in [0.3, 0.4) is 0 Å². The summed E-state index contributed by atoms with van der Waals surface area (Å²) in [6.07, 6.45) is 3.35. The zero-order valence-electron chi connectivity index (χ0n) is 11.3. The first kappa shape index (κ1) is 14.3. The van der Waals surface area contributed by atoms with Crippen LogP contribution in [0, 0.1) is 11.8 Å². The number of rotatable bonds is 5. The van der Waals surface area contributed by atoms with Crippen molar-refractivity contribution in [2.45, 2.75) is 34.1 Å². The Morgan fingerprint density at radius 1 is 1.12 bits per heavy atom. The van der Waals surface area contributed by atoms with Gasteiger partial charge in [-0.05, 0) is 29.4 Å². The van der Waals surface area contributed by atoms with Crippen molar-refractivity contribution < 1.29 is 0 Å². The van der Waals surface area contributed by atoms with Crippen molar-refractivity contribution in [2.75, 3.05) is 5.88 Å². The van der Waals surface area contributed by atoms with Crippen molar-refractivity contribution in [3.05, 3.63) is 41.0 Å². The number of hydrogen-bond acceptors (Lipinski definition) is 0. The van der Waals surface area contributed by atoms with E-state index in [0.29, 0.717) is 17.7 Å². The summed E-state index contributed by atoms with van der Waals surface area (Å²) in [5.74, 6) is 1.85. The fourth-order valence-corrected chi connectivity index (χ4v) is 2.18. The van der Waals surface area contributed by atoms with Crippen molar-refractivity contribution in [1.29, 1.82) is 0 Å². The first-order valence-electron chi connectivity index (χ1n) is 6.38. The minimum atomic E-state index is 0.517. The fourth-order valence-electron chi connectivity index (χ4n) is 1.79. The van der Waals surface area contributed by atoms with Crippen LogP contribution in [0.2, 0.25) is 0 Å². The van der Waals surface area contributed by atoms with Crippen LogP contribution in [0.15, 0.2) is 29.8 Å². The highest BCUT2D eigenvalue weighted by Crippen LogP contribution is 2.17. The van der Waals surface area contributed by atoms with E-state index in [4.69, 9.17) is 11.6 Å². The second-order valence-corrected chi connectivity index (χ2v) is 5.61. The third-order valence-corrected chi connectivity index (χ3v) is 3.18. The lowest BCUT2D eigenvalue weighted by atomic mass is 9.99. The van der Waals surface area contributed by atoms with Crippen LogP contribution < -0.4 is 0 Å². The van der Waals surface area contributed by atoms with Gasteiger partial charge >= 0.3 is 0 Å². The highest BCUT2D eigenvalue weighted by molar-refractivity contribution is 6.19. The molecule has 1 aromatic rings. The standard InChI is InChI=1S/C16H23Cl/c1-12(2)9-14-5-7-15(8-6-14)10-16(11-17)13(3)4/h5-8,10,12-13H,9,11H2,1-4H3. The van der Waals surface area contributed by atoms with E-state index >= 15 is 0 Å². The van der Waals surface area contributed by atoms with E-state index in [2.05, 4.69) is 58.0 Å². The van der Waals surface area contributed by atoms with Gasteiger partial charge in [-0.15, -0.1) is 11.6 Å². The molecular formula is C16H23Cl. The molecule has 0 heterocycles. The predicted octanol–water partition coefficient (Wildman–Crippen LogP) is 5.16. The lowest BCUT2D eigenvalue weighted by Crippen LogP contribution is -1.96. The molecule has 17 heavy (non-hydrogen) atoms. The molecule has 0 spiro atoms. The lowest BCUT2D eigenvalue weighted by Gasteiger charge is -2.08. The summed E-state index contributed by atoms with van der Waals surface area (Å²) >= 11 is 5.94. The van der Waals surface area contributed by atoms with Gasteiger partial charge in [0.25, 0.3) is 0 Å². The Balaban J connectivity index is 2.80. The monoisotopic (exact) mass is 250 g/mol. The first-order valence-corrected chi connectivity index (χ1v) is 6.91. The Kier molecular flexibility index (Phi) is 5.77. The highest BCUT2D eigenvalue weighted by atomic mass is 35.5. The average molecular weight is 251 g/mol. The lowest BCUT2D eigenvalue weighted by molar-refractivity contribution is 0.647. The second kappa shape index (κ2) is 6.86. The van der Waals surface area contributed by atoms with Crippen LogP contribution in [-0.2, 0) is 6.42 Å². The fraction of sp³-hybridized carbons (Fsp3) is 0.500. The van der Waals surface area contributed by atoms with E-state index in [1.807, 2.05) is 0 Å². The number of halogens is 1. The van der Waals surface area contributed by atoms with Gasteiger partial charge < -0.3 is 0 Å². The van der Waals surface area contributed by atoms with Gasteiger partial charge in [-0.25, -0.2) is 0 Å². The SMILES string of the molecule is CC(C)Cc1ccc(C=C(CCl)C(C)C)cc1. The van der Waals surface area contributed by atoms with Gasteiger partial charge in [-0.2, -0.15) is 0 Å². The average Bonchev–Trinajstić information content (AvgIpc) is 2.26. The molecule has 0 aromatic heterocycles. The van der Waals surface area contributed by atoms with E-state index in [0.717, 1.165) is 6.42 Å². The van der Waals surface area contributed by atoms with Gasteiger partial charge in [0, 0.05) is 5.88 Å². The molecule has 1 rings (SSSR count). The van der Waals surface area contributed by atoms with Crippen molar-refractivity contribution in [1.82, 2.24) is 0 Å². The summed E-state index contributed by atoms with van der Waals surface area (Å²) in [5, 5.41) is 0. The molecule has 0 aliphatic carbocycles. The Hall–Kier alpha value is -0.750. The molecule has 0 atom stereocenters. The molecule has 0 nitrogen and oxygen atoms in total. The predicted molar refractivity (Wildman–Crippen MR) is 78.5 cm³/mol. The first-order chi connectivity index (χ1) is 8.02. The molecule has 1 heteroatoms. The number of alkyl halides is 1. The van der Waals surface area contributed by atoms with Gasteiger partial charge in [0.2, 0.25) is 0 Å². The summed E-state index contributed by atoms with van der Waals surface area (Å²) in [6, 6.07) is 8.81. The Morgan fingerprint density at radius 2 is 1.71 bits per heavy atom. The second-order valence-electron chi connectivity index (χ2n) is 5.35. The smallest absolute Gasteiger partial charge is 0.0439 e. The molecule has 1 aromatic carbocycles. The minimum Gasteiger partial charge on any atom is -0.122 e. The van der Waals surface area contributed by atoms with Gasteiger partial charge in [0.05, 0.1) is 0 Å². The van der Waals surface area contributed by atoms with E-state index in [1.165, 1.54) is 16.7 Å². The van der Waals surface area contributed by atoms with Crippen LogP contribution in [-0.4, -0.2) is 5.88 Å². The van der Waals surface area contributed by atoms with Crippen LogP contribution in [0.4, 0.5) is 0 Å². The van der Waals surface area contributed by atoms with Crippen molar-refractivity contribution in [2.24, 2.45) is 11.8 Å². The molecule has 0 saturated heterocycles. The molecule has 0 amide bonds. The Labute approximate surface area is 111 Å². The van der Waals surface area contributed by atoms with E-state index in [1.54, 1.807) is 0 Å². The highest BCUT2D eigenvalue weighted by Gasteiger charge is 2.02. The molecule has 0 N–H and O–H groups in total. The van der Waals surface area contributed by atoms with Gasteiger partial charge in [0.15, 0.2) is 0 Å². The number of allylic oxidation sites excluding steroid dienone is 1. The van der Waals surface area contributed by atoms with Crippen molar-refractivity contribution in [3.63, 3.8) is 0 Å². The number of benzene rings is 1. The zero-order chi connectivity index (χ0) is 12.8. The molecule has 0 aliphatic heterocycles. The normalized spacial score (nSPS) is 12.5. The molecule has 0 aliphatic rings. The van der Waals surface area contributed by atoms with Gasteiger partial charge in [-0.3, -0.25) is 0 Å². The molecule has 0 bridgehead atoms. The third kappa shape index (κ3) is 4.95. The molecule has 0 fully saturated rings. The summed E-state index contributed by atoms with van der Waals surface area (Å²) in [7, 11) is 0. The molecule has 0 saturated carbocycles. The van der Waals surface area contributed by atoms with E-state index < -0.39 is 0 Å². The van der Waals surface area contributed by atoms with Gasteiger partial charge in [0.1, 0.15) is 0 Å². The van der Waals surface area contributed by atoms with Crippen molar-refractivity contribution in [3.8, 4) is 0 Å². The molecule has 0 unspecified atom stereocenters. The summed E-state index contributed by atoms with van der Waals surface area (Å²) in [4.78, 5) is 0. The van der Waals surface area contributed by atoms with Gasteiger partial charge in [-0.1, -0.05) is 63.6 Å². The van der Waals surface area contributed by atoms with Crippen LogP contribution in [0.5, 0.6) is 0 Å². The van der Waals surface area contributed by atoms with Crippen LogP contribution >= 0.6 is 11.6 Å². The van der Waals surface area contributed by atoms with Crippen LogP contribution in [0.25, 0.3) is 6.08 Å². The largest absolute Gasteiger partial charge is 0.122 e. The molecule has 94 valence electrons. The summed E-state index contributed by atoms with van der Waals surface area (Å²) < 4.78 is 0. The van der Waals surface area contributed by atoms with E-state index in [-0.39, 0.29) is 0 Å². The topological polar surface area (TPSA) is 0 Å². The maximum absolute atomic E-state index is 5.94. The minimum absolute atomic E-state index is 0.517. The molecular weight excluding hydrogens is 228 g/mol. The maximum Gasteiger partial charge on any atom is 0.0439 e. The molecule has 0 radical (unpaired) electrons. The maximum atomic E-state index is 5.94. The van der Waals surface area contributed by atoms with Crippen LogP contribution in [0.1, 0.15) is 38.8 Å². The zero-order valence-corrected chi connectivity index (χ0v) is 12.1. The number of hydrogen-bond donors (Lipinski definition) is 0. The Morgan fingerprint density at radius 3 is 2.12 bits per heavy atom. The summed E-state index contributed by atoms with van der Waals surface area (Å²) in [6.45, 7) is 8.86. The van der Waals surface area contributed by atoms with E-state index in [9.17, 15) is 0 Å². The Bertz CT molecular complexity index is 358. The quantitative estimate of drug-likeness (QED) is 0.633.